The molecule has 0 heterocycles. The van der Waals surface area contributed by atoms with Crippen molar-refractivity contribution in [3.63, 3.8) is 0 Å². The molecule has 0 bridgehead atoms. The molecule has 0 spiro atoms. The molecule has 1 N–H and O–H groups in total. The fourth-order valence-electron chi connectivity index (χ4n) is 0.486. The normalized spacial score (nSPS) is 14.5. The third-order valence-corrected chi connectivity index (χ3v) is 3.13. The molecule has 0 saturated heterocycles. The molecule has 3 nitrogen and oxygen atoms in total. The summed E-state index contributed by atoms with van der Waals surface area (Å²) in [5, 5.41) is 8.29. The monoisotopic (exact) mass is 178 g/mol. The van der Waals surface area contributed by atoms with Crippen LogP contribution in [0, 0.1) is 0 Å². The predicted molar refractivity (Wildman–Crippen MR) is 45.0 cm³/mol. The molecule has 0 aromatic heterocycles. The molecule has 66 valence electrons. The predicted octanol–water partition coefficient (Wildman–Crippen LogP) is 1.01. The second-order valence-corrected chi connectivity index (χ2v) is 5.63. The lowest BCUT2D eigenvalue weighted by atomic mass is 10.3. The Morgan fingerprint density at radius 2 is 1.91 bits per heavy atom. The molecule has 11 heavy (non-hydrogen) atoms. The van der Waals surface area contributed by atoms with Gasteiger partial charge in [0.15, 0.2) is 0 Å². The van der Waals surface area contributed by atoms with Crippen LogP contribution in [0.15, 0.2) is 0 Å². The van der Waals surface area contributed by atoms with Crippen molar-refractivity contribution in [2.75, 3.05) is 5.75 Å². The molecule has 0 aliphatic rings. The number of carboxylic acid groups (broad SMARTS) is 1. The molecule has 0 aromatic rings. The third kappa shape index (κ3) is 4.95. The molecule has 0 aliphatic carbocycles. The first-order chi connectivity index (χ1) is 4.84. The lowest BCUT2D eigenvalue weighted by molar-refractivity contribution is -0.136. The number of carboxylic acids is 1. The van der Waals surface area contributed by atoms with Crippen LogP contribution in [-0.2, 0) is 15.6 Å². The van der Waals surface area contributed by atoms with E-state index in [-0.39, 0.29) is 16.9 Å². The minimum absolute atomic E-state index is 0.0100. The van der Waals surface area contributed by atoms with Crippen LogP contribution < -0.4 is 0 Å². The number of carbonyl (C=O) groups is 1. The van der Waals surface area contributed by atoms with E-state index >= 15 is 0 Å². The van der Waals surface area contributed by atoms with Crippen LogP contribution in [0.25, 0.3) is 0 Å². The zero-order valence-corrected chi connectivity index (χ0v) is 7.90. The molecule has 0 amide bonds. The van der Waals surface area contributed by atoms with Gasteiger partial charge in [0.2, 0.25) is 0 Å². The van der Waals surface area contributed by atoms with Gasteiger partial charge < -0.3 is 5.11 Å². The molecule has 4 heteroatoms. The van der Waals surface area contributed by atoms with E-state index in [1.807, 2.05) is 20.8 Å². The van der Waals surface area contributed by atoms with Gasteiger partial charge in [0.25, 0.3) is 0 Å². The summed E-state index contributed by atoms with van der Waals surface area (Å²) < 4.78 is 10.9. The maximum atomic E-state index is 11.2. The average Bonchev–Trinajstić information content (AvgIpc) is 1.80. The highest BCUT2D eigenvalue weighted by molar-refractivity contribution is 7.86. The van der Waals surface area contributed by atoms with E-state index in [4.69, 9.17) is 5.11 Å². The summed E-state index contributed by atoms with van der Waals surface area (Å²) in [6.45, 7) is 5.51. The maximum absolute atomic E-state index is 11.2. The van der Waals surface area contributed by atoms with Crippen LogP contribution in [0.5, 0.6) is 0 Å². The maximum Gasteiger partial charge on any atom is 0.304 e. The van der Waals surface area contributed by atoms with Gasteiger partial charge in [0.05, 0.1) is 6.42 Å². The van der Waals surface area contributed by atoms with E-state index in [2.05, 4.69) is 0 Å². The number of hydrogen-bond acceptors (Lipinski definition) is 2. The van der Waals surface area contributed by atoms with Crippen molar-refractivity contribution in [2.24, 2.45) is 0 Å². The van der Waals surface area contributed by atoms with Crippen molar-refractivity contribution in [2.45, 2.75) is 31.9 Å². The van der Waals surface area contributed by atoms with E-state index < -0.39 is 16.8 Å². The Labute approximate surface area is 69.3 Å². The van der Waals surface area contributed by atoms with Gasteiger partial charge in [-0.05, 0) is 20.8 Å². The Balaban J connectivity index is 3.80. The van der Waals surface area contributed by atoms with Crippen molar-refractivity contribution in [1.29, 1.82) is 0 Å². The minimum atomic E-state index is -1.04. The average molecular weight is 178 g/mol. The molecule has 0 aromatic carbocycles. The first-order valence-corrected chi connectivity index (χ1v) is 4.76. The van der Waals surface area contributed by atoms with E-state index in [1.54, 1.807) is 0 Å². The molecular weight excluding hydrogens is 164 g/mol. The Morgan fingerprint density at radius 3 is 2.18 bits per heavy atom. The van der Waals surface area contributed by atoms with Crippen molar-refractivity contribution in [3.8, 4) is 0 Å². The largest absolute Gasteiger partial charge is 0.481 e. The third-order valence-electron chi connectivity index (χ3n) is 1.18. The van der Waals surface area contributed by atoms with Crippen LogP contribution in [0.4, 0.5) is 0 Å². The molecule has 0 rings (SSSR count). The highest BCUT2D eigenvalue weighted by atomic mass is 32.2. The molecule has 0 fully saturated rings. The van der Waals surface area contributed by atoms with Crippen molar-refractivity contribution in [1.82, 2.24) is 0 Å². The molecule has 0 unspecified atom stereocenters. The van der Waals surface area contributed by atoms with Gasteiger partial charge in [0.1, 0.15) is 0 Å². The van der Waals surface area contributed by atoms with Crippen molar-refractivity contribution >= 4 is 16.8 Å². The second kappa shape index (κ2) is 3.85. The second-order valence-electron chi connectivity index (χ2n) is 3.31. The highest BCUT2D eigenvalue weighted by Gasteiger charge is 2.19. The quantitative estimate of drug-likeness (QED) is 0.701. The fourth-order valence-corrected chi connectivity index (χ4v) is 1.46. The first-order valence-electron chi connectivity index (χ1n) is 3.44. The fraction of sp³-hybridized carbons (Fsp3) is 0.857. The summed E-state index contributed by atoms with van der Waals surface area (Å²) in [5.74, 6) is -0.638. The highest BCUT2D eigenvalue weighted by Crippen LogP contribution is 2.11. The lowest BCUT2D eigenvalue weighted by Crippen LogP contribution is -2.25. The summed E-state index contributed by atoms with van der Waals surface area (Å²) in [5.41, 5.74) is 0. The summed E-state index contributed by atoms with van der Waals surface area (Å²) >= 11 is 0. The summed E-state index contributed by atoms with van der Waals surface area (Å²) in [4.78, 5) is 10.1. The number of aliphatic carboxylic acids is 1. The van der Waals surface area contributed by atoms with E-state index in [0.29, 0.717) is 0 Å². The molecular formula is C7H14O3S. The van der Waals surface area contributed by atoms with Crippen molar-refractivity contribution < 1.29 is 14.1 Å². The molecule has 0 radical (unpaired) electrons. The summed E-state index contributed by atoms with van der Waals surface area (Å²) in [7, 11) is -1.04. The van der Waals surface area contributed by atoms with Gasteiger partial charge in [-0.2, -0.15) is 0 Å². The lowest BCUT2D eigenvalue weighted by Gasteiger charge is -2.16. The van der Waals surface area contributed by atoms with Gasteiger partial charge >= 0.3 is 5.97 Å². The van der Waals surface area contributed by atoms with Gasteiger partial charge in [-0.15, -0.1) is 0 Å². The van der Waals surface area contributed by atoms with E-state index in [1.165, 1.54) is 0 Å². The van der Waals surface area contributed by atoms with Crippen LogP contribution in [-0.4, -0.2) is 25.8 Å². The molecule has 0 saturated carbocycles. The minimum Gasteiger partial charge on any atom is -0.481 e. The number of hydrogen-bond donors (Lipinski definition) is 1. The van der Waals surface area contributed by atoms with Crippen LogP contribution in [0.3, 0.4) is 0 Å². The number of rotatable bonds is 3. The SMILES string of the molecule is CC(C)(C)[S@](=O)CCC(=O)O. The van der Waals surface area contributed by atoms with Gasteiger partial charge in [-0.1, -0.05) is 0 Å². The summed E-state index contributed by atoms with van der Waals surface area (Å²) in [6, 6.07) is 0. The Hall–Kier alpha value is -0.380. The topological polar surface area (TPSA) is 54.4 Å². The first kappa shape index (κ1) is 10.6. The van der Waals surface area contributed by atoms with E-state index in [9.17, 15) is 9.00 Å². The van der Waals surface area contributed by atoms with E-state index in [0.717, 1.165) is 0 Å². The zero-order chi connectivity index (χ0) is 9.07. The van der Waals surface area contributed by atoms with Crippen LogP contribution >= 0.6 is 0 Å². The molecule has 0 aliphatic heterocycles. The summed E-state index contributed by atoms with van der Waals surface area (Å²) in [6.07, 6.45) is -0.0100. The van der Waals surface area contributed by atoms with Crippen LogP contribution in [0.2, 0.25) is 0 Å². The zero-order valence-electron chi connectivity index (χ0n) is 7.09. The Kier molecular flexibility index (Phi) is 3.72. The van der Waals surface area contributed by atoms with Gasteiger partial charge in [-0.3, -0.25) is 9.00 Å². The van der Waals surface area contributed by atoms with Crippen molar-refractivity contribution in [3.05, 3.63) is 0 Å². The van der Waals surface area contributed by atoms with Gasteiger partial charge in [-0.25, -0.2) is 0 Å². The van der Waals surface area contributed by atoms with Gasteiger partial charge in [0, 0.05) is 21.3 Å². The standard InChI is InChI=1S/C7H14O3S/c1-7(2,3)11(10)5-4-6(8)9/h4-5H2,1-3H3,(H,8,9)/t11-/m1/s1. The van der Waals surface area contributed by atoms with Crippen LogP contribution in [0.1, 0.15) is 27.2 Å². The molecule has 1 atom stereocenters. The Morgan fingerprint density at radius 1 is 1.45 bits per heavy atom. The smallest absolute Gasteiger partial charge is 0.304 e. The Bertz CT molecular complexity index is 169.